The number of hydrogen-bond acceptors (Lipinski definition) is 5. The van der Waals surface area contributed by atoms with Gasteiger partial charge in [0.25, 0.3) is 5.91 Å². The number of ether oxygens (including phenoxy) is 1. The van der Waals surface area contributed by atoms with E-state index in [0.717, 1.165) is 10.5 Å². The molecule has 0 spiro atoms. The number of anilines is 1. The van der Waals surface area contributed by atoms with Gasteiger partial charge in [-0.25, -0.2) is 9.78 Å². The van der Waals surface area contributed by atoms with Gasteiger partial charge in [-0.2, -0.15) is 0 Å². The van der Waals surface area contributed by atoms with Crippen molar-refractivity contribution in [3.05, 3.63) is 52.8 Å². The topological polar surface area (TPSA) is 101 Å². The molecule has 2 heterocycles. The molecule has 1 unspecified atom stereocenters. The van der Waals surface area contributed by atoms with Gasteiger partial charge in [0.05, 0.1) is 12.8 Å². The largest absolute Gasteiger partial charge is 0.496 e. The van der Waals surface area contributed by atoms with Crippen molar-refractivity contribution < 1.29 is 19.1 Å². The van der Waals surface area contributed by atoms with Crippen molar-refractivity contribution in [2.75, 3.05) is 19.0 Å². The molecule has 1 aliphatic heterocycles. The van der Waals surface area contributed by atoms with Crippen LogP contribution in [0.2, 0.25) is 5.15 Å². The van der Waals surface area contributed by atoms with Gasteiger partial charge in [-0.05, 0) is 49.2 Å². The molecule has 0 radical (unpaired) electrons. The summed E-state index contributed by atoms with van der Waals surface area (Å²) in [5, 5.41) is 5.33. The van der Waals surface area contributed by atoms with Crippen molar-refractivity contribution in [3.8, 4) is 5.75 Å². The summed E-state index contributed by atoms with van der Waals surface area (Å²) in [5.41, 5.74) is 0.447. The number of nitrogens with one attached hydrogen (secondary N) is 2. The van der Waals surface area contributed by atoms with Gasteiger partial charge in [-0.1, -0.05) is 17.7 Å². The van der Waals surface area contributed by atoms with Crippen molar-refractivity contribution in [1.29, 1.82) is 0 Å². The number of carbonyl (C=O) groups is 3. The average molecular weight is 403 g/mol. The number of aromatic nitrogens is 1. The highest BCUT2D eigenvalue weighted by molar-refractivity contribution is 6.32. The summed E-state index contributed by atoms with van der Waals surface area (Å²) in [7, 11) is 1.56. The van der Waals surface area contributed by atoms with E-state index in [1.807, 2.05) is 6.92 Å². The minimum Gasteiger partial charge on any atom is -0.496 e. The molecule has 3 rings (SSSR count). The van der Waals surface area contributed by atoms with Crippen LogP contribution in [0.1, 0.15) is 18.1 Å². The first-order valence-corrected chi connectivity index (χ1v) is 8.83. The van der Waals surface area contributed by atoms with Gasteiger partial charge in [-0.3, -0.25) is 14.5 Å². The summed E-state index contributed by atoms with van der Waals surface area (Å²) in [4.78, 5) is 42.4. The van der Waals surface area contributed by atoms with Crippen LogP contribution in [0.3, 0.4) is 0 Å². The van der Waals surface area contributed by atoms with Crippen LogP contribution < -0.4 is 15.4 Å². The van der Waals surface area contributed by atoms with E-state index in [-0.39, 0.29) is 5.15 Å². The number of nitrogens with zero attached hydrogens (tertiary/aromatic N) is 2. The van der Waals surface area contributed by atoms with Crippen LogP contribution in [0.25, 0.3) is 0 Å². The molecule has 2 aromatic rings. The zero-order valence-corrected chi connectivity index (χ0v) is 16.3. The highest BCUT2D eigenvalue weighted by Gasteiger charge is 2.49. The van der Waals surface area contributed by atoms with Crippen LogP contribution in [0, 0.1) is 6.92 Å². The third-order valence-electron chi connectivity index (χ3n) is 4.58. The van der Waals surface area contributed by atoms with Crippen molar-refractivity contribution in [3.63, 3.8) is 0 Å². The van der Waals surface area contributed by atoms with Gasteiger partial charge >= 0.3 is 6.03 Å². The van der Waals surface area contributed by atoms with Crippen molar-refractivity contribution in [1.82, 2.24) is 15.2 Å². The van der Waals surface area contributed by atoms with E-state index in [4.69, 9.17) is 16.3 Å². The lowest BCUT2D eigenvalue weighted by molar-refractivity contribution is -0.133. The Bertz CT molecular complexity index is 965. The summed E-state index contributed by atoms with van der Waals surface area (Å²) in [5.74, 6) is -0.406. The zero-order valence-electron chi connectivity index (χ0n) is 15.6. The van der Waals surface area contributed by atoms with Gasteiger partial charge in [0, 0.05) is 6.20 Å². The fraction of sp³-hybridized carbons (Fsp3) is 0.263. The maximum atomic E-state index is 13.0. The molecule has 1 atom stereocenters. The number of carbonyl (C=O) groups excluding carboxylic acids is 3. The normalized spacial score (nSPS) is 18.8. The summed E-state index contributed by atoms with van der Waals surface area (Å²) in [6, 6.07) is 7.75. The maximum Gasteiger partial charge on any atom is 0.325 e. The molecule has 1 aliphatic rings. The van der Waals surface area contributed by atoms with Gasteiger partial charge in [0.1, 0.15) is 17.8 Å². The number of benzene rings is 1. The Balaban J connectivity index is 1.78. The van der Waals surface area contributed by atoms with Gasteiger partial charge in [-0.15, -0.1) is 0 Å². The quantitative estimate of drug-likeness (QED) is 0.591. The number of aryl methyl sites for hydroxylation is 1. The fourth-order valence-electron chi connectivity index (χ4n) is 3.04. The van der Waals surface area contributed by atoms with Crippen LogP contribution in [-0.2, 0) is 15.1 Å². The lowest BCUT2D eigenvalue weighted by Crippen LogP contribution is -2.42. The molecule has 2 N–H and O–H groups in total. The minimum absolute atomic E-state index is 0.117. The molecule has 4 amide bonds. The Hall–Kier alpha value is -3.13. The fourth-order valence-corrected chi connectivity index (χ4v) is 3.20. The standard InChI is InChI=1S/C19H19ClN4O4/c1-11-9-12(6-7-14(11)28-3)19(2)17(26)24(18(27)23-19)10-15(25)22-13-5-4-8-21-16(13)20/h4-9H,10H2,1-3H3,(H,22,25)(H,23,27). The Labute approximate surface area is 166 Å². The minimum atomic E-state index is -1.28. The van der Waals surface area contributed by atoms with Gasteiger partial charge in [0.2, 0.25) is 5.91 Å². The van der Waals surface area contributed by atoms with Crippen LogP contribution in [0.5, 0.6) is 5.75 Å². The molecule has 0 aliphatic carbocycles. The van der Waals surface area contributed by atoms with Crippen molar-refractivity contribution in [2.45, 2.75) is 19.4 Å². The molecular weight excluding hydrogens is 384 g/mol. The molecule has 1 fully saturated rings. The average Bonchev–Trinajstić information content (AvgIpc) is 2.87. The monoisotopic (exact) mass is 402 g/mol. The Kier molecular flexibility index (Phi) is 5.24. The molecule has 0 bridgehead atoms. The van der Waals surface area contributed by atoms with E-state index in [9.17, 15) is 14.4 Å². The number of halogens is 1. The van der Waals surface area contributed by atoms with E-state index < -0.39 is 29.9 Å². The zero-order chi connectivity index (χ0) is 20.5. The van der Waals surface area contributed by atoms with E-state index in [1.165, 1.54) is 6.20 Å². The lowest BCUT2D eigenvalue weighted by Gasteiger charge is -2.23. The van der Waals surface area contributed by atoms with E-state index in [2.05, 4.69) is 15.6 Å². The van der Waals surface area contributed by atoms with Crippen LogP contribution in [-0.4, -0.2) is 41.4 Å². The number of hydrogen-bond donors (Lipinski definition) is 2. The third kappa shape index (κ3) is 3.50. The SMILES string of the molecule is COc1ccc(C2(C)NC(=O)N(CC(=O)Nc3cccnc3Cl)C2=O)cc1C. The Morgan fingerprint density at radius 2 is 2.11 bits per heavy atom. The number of rotatable bonds is 5. The first kappa shape index (κ1) is 19.6. The number of amides is 4. The second-order valence-electron chi connectivity index (χ2n) is 6.52. The van der Waals surface area contributed by atoms with E-state index >= 15 is 0 Å². The van der Waals surface area contributed by atoms with Crippen molar-refractivity contribution >= 4 is 35.1 Å². The number of imide groups is 1. The molecule has 1 saturated heterocycles. The Morgan fingerprint density at radius 3 is 2.75 bits per heavy atom. The molecule has 0 saturated carbocycles. The predicted molar refractivity (Wildman–Crippen MR) is 103 cm³/mol. The molecule has 8 nitrogen and oxygen atoms in total. The molecule has 1 aromatic heterocycles. The number of pyridine rings is 1. The van der Waals surface area contributed by atoms with Gasteiger partial charge in [0.15, 0.2) is 5.15 Å². The highest BCUT2D eigenvalue weighted by atomic mass is 35.5. The van der Waals surface area contributed by atoms with Crippen LogP contribution in [0.15, 0.2) is 36.5 Å². The van der Waals surface area contributed by atoms with E-state index in [0.29, 0.717) is 17.0 Å². The lowest BCUT2D eigenvalue weighted by atomic mass is 9.90. The first-order valence-electron chi connectivity index (χ1n) is 8.46. The van der Waals surface area contributed by atoms with Crippen molar-refractivity contribution in [2.24, 2.45) is 0 Å². The second kappa shape index (κ2) is 7.47. The molecule has 1 aromatic carbocycles. The molecule has 9 heteroatoms. The third-order valence-corrected chi connectivity index (χ3v) is 4.88. The second-order valence-corrected chi connectivity index (χ2v) is 6.88. The highest BCUT2D eigenvalue weighted by Crippen LogP contribution is 2.31. The predicted octanol–water partition coefficient (Wildman–Crippen LogP) is 2.46. The summed E-state index contributed by atoms with van der Waals surface area (Å²) in [6.45, 7) is 3.00. The molecule has 146 valence electrons. The van der Waals surface area contributed by atoms with E-state index in [1.54, 1.807) is 44.4 Å². The maximum absolute atomic E-state index is 13.0. The summed E-state index contributed by atoms with van der Waals surface area (Å²) < 4.78 is 5.23. The summed E-state index contributed by atoms with van der Waals surface area (Å²) >= 11 is 5.91. The Morgan fingerprint density at radius 1 is 1.36 bits per heavy atom. The molecule has 28 heavy (non-hydrogen) atoms. The smallest absolute Gasteiger partial charge is 0.325 e. The van der Waals surface area contributed by atoms with Crippen LogP contribution in [0.4, 0.5) is 10.5 Å². The first-order chi connectivity index (χ1) is 13.3. The number of methoxy groups -OCH3 is 1. The summed E-state index contributed by atoms with van der Waals surface area (Å²) in [6.07, 6.45) is 1.48. The number of urea groups is 1. The molecular formula is C19H19ClN4O4. The van der Waals surface area contributed by atoms with Gasteiger partial charge < -0.3 is 15.4 Å². The van der Waals surface area contributed by atoms with Crippen LogP contribution >= 0.6 is 11.6 Å².